The van der Waals surface area contributed by atoms with Crippen molar-refractivity contribution in [2.24, 2.45) is 0 Å². The Bertz CT molecular complexity index is 407. The number of alkyl halides is 4. The van der Waals surface area contributed by atoms with E-state index in [0.717, 1.165) is 0 Å². The van der Waals surface area contributed by atoms with E-state index in [1.165, 1.54) is 0 Å². The van der Waals surface area contributed by atoms with Crippen molar-refractivity contribution in [3.8, 4) is 0 Å². The first-order chi connectivity index (χ1) is 7.83. The molecule has 110 valence electrons. The molecule has 1 aliphatic rings. The van der Waals surface area contributed by atoms with E-state index < -0.39 is 45.5 Å². The number of hydrogen-bond acceptors (Lipinski definition) is 8. The first kappa shape index (κ1) is 15.8. The third-order valence-corrected chi connectivity index (χ3v) is 4.50. The molecule has 0 aromatic rings. The molecule has 0 atom stereocenters. The number of ether oxygens (including phenoxy) is 2. The largest absolute Gasteiger partial charge is 0.502 e. The molecule has 0 amide bonds. The van der Waals surface area contributed by atoms with Crippen LogP contribution in [0.5, 0.6) is 0 Å². The van der Waals surface area contributed by atoms with Crippen LogP contribution >= 0.6 is 10.9 Å². The van der Waals surface area contributed by atoms with Crippen LogP contribution in [0.2, 0.25) is 0 Å². The van der Waals surface area contributed by atoms with Gasteiger partial charge in [0, 0.05) is 0 Å². The Hall–Kier alpha value is -0.220. The topological polar surface area (TPSA) is 112 Å². The zero-order chi connectivity index (χ0) is 14.2. The Morgan fingerprint density at radius 1 is 0.944 bits per heavy atom. The van der Waals surface area contributed by atoms with Gasteiger partial charge >= 0.3 is 12.6 Å². The van der Waals surface area contributed by atoms with Gasteiger partial charge in [-0.2, -0.15) is 16.8 Å². The van der Waals surface area contributed by atoms with Crippen LogP contribution < -0.4 is 0 Å². The summed E-state index contributed by atoms with van der Waals surface area (Å²) in [5, 5.41) is -2.04. The van der Waals surface area contributed by atoms with Crippen molar-refractivity contribution in [2.45, 2.75) is 12.6 Å². The molecular weight excluding hydrogens is 316 g/mol. The number of hydrogen-bond donors (Lipinski definition) is 2. The van der Waals surface area contributed by atoms with E-state index in [-0.39, 0.29) is 0 Å². The lowest BCUT2D eigenvalue weighted by molar-refractivity contribution is -0.429. The van der Waals surface area contributed by atoms with Crippen molar-refractivity contribution in [1.82, 2.24) is 0 Å². The van der Waals surface area contributed by atoms with E-state index in [1.54, 1.807) is 0 Å². The highest BCUT2D eigenvalue weighted by Crippen LogP contribution is 2.48. The van der Waals surface area contributed by atoms with Gasteiger partial charge in [-0.1, -0.05) is 0 Å². The Morgan fingerprint density at radius 3 is 1.89 bits per heavy atom. The van der Waals surface area contributed by atoms with E-state index in [0.29, 0.717) is 0 Å². The molecule has 0 aromatic carbocycles. The second kappa shape index (κ2) is 4.71. The van der Waals surface area contributed by atoms with Gasteiger partial charge in [0.05, 0.1) is 0 Å². The van der Waals surface area contributed by atoms with Gasteiger partial charge in [0.1, 0.15) is 10.9 Å². The second-order valence-corrected chi connectivity index (χ2v) is 6.39. The standard InChI is InChI=1S/C4H6F4O8S2/c5-3(6)13-1-14-4(7,8)16-18(11,12)2-17(9,10)15-3/h9-10H,1-2H2. The van der Waals surface area contributed by atoms with Gasteiger partial charge in [0.15, 0.2) is 11.9 Å². The van der Waals surface area contributed by atoms with Crippen LogP contribution in [-0.4, -0.2) is 42.0 Å². The van der Waals surface area contributed by atoms with Gasteiger partial charge < -0.3 is 9.11 Å². The zero-order valence-electron chi connectivity index (χ0n) is 8.09. The summed E-state index contributed by atoms with van der Waals surface area (Å²) in [6.07, 6.45) is -9.54. The normalized spacial score (nSPS) is 32.3. The molecule has 1 saturated heterocycles. The SMILES string of the molecule is O=S1(=O)CS(O)(O)OC(F)(F)OCOC(F)(F)O1. The second-order valence-electron chi connectivity index (χ2n) is 2.78. The third-order valence-electron chi connectivity index (χ3n) is 1.21. The number of rotatable bonds is 0. The third kappa shape index (κ3) is 5.19. The van der Waals surface area contributed by atoms with Gasteiger partial charge in [-0.05, 0) is 0 Å². The van der Waals surface area contributed by atoms with Crippen molar-refractivity contribution in [3.05, 3.63) is 0 Å². The summed E-state index contributed by atoms with van der Waals surface area (Å²) in [5.41, 5.74) is 0. The summed E-state index contributed by atoms with van der Waals surface area (Å²) in [6.45, 7) is -1.83. The van der Waals surface area contributed by atoms with Crippen molar-refractivity contribution in [1.29, 1.82) is 0 Å². The van der Waals surface area contributed by atoms with E-state index in [1.807, 2.05) is 0 Å². The highest BCUT2D eigenvalue weighted by Gasteiger charge is 2.48. The van der Waals surface area contributed by atoms with E-state index >= 15 is 0 Å². The molecule has 0 saturated carbocycles. The molecule has 0 radical (unpaired) electrons. The maximum absolute atomic E-state index is 12.7. The predicted molar refractivity (Wildman–Crippen MR) is 45.7 cm³/mol. The molecule has 18 heavy (non-hydrogen) atoms. The first-order valence-electron chi connectivity index (χ1n) is 3.76. The van der Waals surface area contributed by atoms with Gasteiger partial charge in [-0.3, -0.25) is 9.47 Å². The molecule has 0 bridgehead atoms. The Morgan fingerprint density at radius 2 is 1.39 bits per heavy atom. The fraction of sp³-hybridized carbons (Fsp3) is 1.00. The van der Waals surface area contributed by atoms with Crippen LogP contribution in [0.3, 0.4) is 0 Å². The van der Waals surface area contributed by atoms with Crippen molar-refractivity contribution < 1.29 is 52.9 Å². The summed E-state index contributed by atoms with van der Waals surface area (Å²) >= 11 is 0. The maximum Gasteiger partial charge on any atom is 0.502 e. The van der Waals surface area contributed by atoms with E-state index in [9.17, 15) is 26.0 Å². The fourth-order valence-corrected chi connectivity index (χ4v) is 3.35. The average Bonchev–Trinajstić information content (AvgIpc) is 1.91. The Kier molecular flexibility index (Phi) is 4.15. The molecule has 1 aliphatic heterocycles. The van der Waals surface area contributed by atoms with Crippen LogP contribution in [-0.2, 0) is 28.0 Å². The van der Waals surface area contributed by atoms with Gasteiger partial charge in [0.25, 0.3) is 10.1 Å². The lowest BCUT2D eigenvalue weighted by Crippen LogP contribution is -2.38. The highest BCUT2D eigenvalue weighted by atomic mass is 32.3. The molecule has 0 aliphatic carbocycles. The molecule has 1 fully saturated rings. The minimum atomic E-state index is -5.30. The molecule has 8 nitrogen and oxygen atoms in total. The highest BCUT2D eigenvalue weighted by molar-refractivity contribution is 8.26. The summed E-state index contributed by atoms with van der Waals surface area (Å²) in [6, 6.07) is 0. The molecule has 0 unspecified atom stereocenters. The molecule has 0 aromatic heterocycles. The summed E-state index contributed by atoms with van der Waals surface area (Å²) in [4.78, 5) is 0. The smallest absolute Gasteiger partial charge is 0.307 e. The zero-order valence-corrected chi connectivity index (χ0v) is 9.72. The minimum Gasteiger partial charge on any atom is -0.307 e. The van der Waals surface area contributed by atoms with Gasteiger partial charge in [-0.15, -0.1) is 17.6 Å². The minimum absolute atomic E-state index is 1.83. The molecular formula is C4H6F4O8S2. The van der Waals surface area contributed by atoms with Crippen molar-refractivity contribution in [3.63, 3.8) is 0 Å². The van der Waals surface area contributed by atoms with Crippen LogP contribution in [0.1, 0.15) is 0 Å². The lowest BCUT2D eigenvalue weighted by atomic mass is 11.2. The quantitative estimate of drug-likeness (QED) is 0.503. The Balaban J connectivity index is 3.01. The Labute approximate surface area is 99.1 Å². The maximum atomic E-state index is 12.7. The van der Waals surface area contributed by atoms with Gasteiger partial charge in [-0.25, -0.2) is 0 Å². The van der Waals surface area contributed by atoms with Crippen LogP contribution in [0.4, 0.5) is 17.6 Å². The summed E-state index contributed by atoms with van der Waals surface area (Å²) in [5.74, 6) is 0. The van der Waals surface area contributed by atoms with Gasteiger partial charge in [0.2, 0.25) is 0 Å². The average molecular weight is 322 g/mol. The van der Waals surface area contributed by atoms with Crippen LogP contribution in [0.25, 0.3) is 0 Å². The van der Waals surface area contributed by atoms with Crippen molar-refractivity contribution >= 4 is 21.0 Å². The lowest BCUT2D eigenvalue weighted by Gasteiger charge is -2.31. The van der Waals surface area contributed by atoms with Crippen LogP contribution in [0, 0.1) is 0 Å². The molecule has 1 rings (SSSR count). The van der Waals surface area contributed by atoms with Crippen molar-refractivity contribution in [2.75, 3.05) is 11.9 Å². The monoisotopic (exact) mass is 322 g/mol. The number of halogens is 4. The van der Waals surface area contributed by atoms with E-state index in [4.69, 9.17) is 9.11 Å². The fourth-order valence-electron chi connectivity index (χ4n) is 0.754. The molecule has 0 spiro atoms. The molecule has 1 heterocycles. The molecule has 2 N–H and O–H groups in total. The van der Waals surface area contributed by atoms with Crippen LogP contribution in [0.15, 0.2) is 0 Å². The summed E-state index contributed by atoms with van der Waals surface area (Å²) < 4.78 is 103. The first-order valence-corrected chi connectivity index (χ1v) is 6.98. The van der Waals surface area contributed by atoms with E-state index in [2.05, 4.69) is 17.8 Å². The molecule has 14 heteroatoms. The summed E-state index contributed by atoms with van der Waals surface area (Å²) in [7, 11) is -10.2. The predicted octanol–water partition coefficient (Wildman–Crippen LogP) is 1.08.